The number of carbonyl (C=O) groups is 2. The van der Waals surface area contributed by atoms with Gasteiger partial charge in [-0.2, -0.15) is 0 Å². The molecule has 0 aliphatic carbocycles. The van der Waals surface area contributed by atoms with Crippen molar-refractivity contribution in [2.75, 3.05) is 4.90 Å². The molecular weight excluding hydrogens is 479 g/mol. The fraction of sp³-hybridized carbons (Fsp3) is 0.0714. The van der Waals surface area contributed by atoms with Crippen LogP contribution in [-0.4, -0.2) is 11.8 Å². The molecule has 1 aromatic heterocycles. The lowest BCUT2D eigenvalue weighted by molar-refractivity contribution is -0.114. The first-order valence-corrected chi connectivity index (χ1v) is 12.7. The highest BCUT2D eigenvalue weighted by Gasteiger charge is 2.30. The molecule has 0 bridgehead atoms. The maximum Gasteiger partial charge on any atom is 0.265 e. The summed E-state index contributed by atoms with van der Waals surface area (Å²) in [7, 11) is 0. The lowest BCUT2D eigenvalue weighted by atomic mass is 10.1. The van der Waals surface area contributed by atoms with Gasteiger partial charge in [-0.05, 0) is 59.0 Å². The van der Waals surface area contributed by atoms with E-state index in [-0.39, 0.29) is 24.2 Å². The van der Waals surface area contributed by atoms with Gasteiger partial charge < -0.3 is 10.2 Å². The quantitative estimate of drug-likeness (QED) is 0.308. The van der Waals surface area contributed by atoms with Gasteiger partial charge in [0.25, 0.3) is 11.8 Å². The van der Waals surface area contributed by atoms with E-state index in [0.29, 0.717) is 22.7 Å². The summed E-state index contributed by atoms with van der Waals surface area (Å²) in [4.78, 5) is 30.6. The number of anilines is 1. The van der Waals surface area contributed by atoms with Crippen LogP contribution in [0, 0.1) is 5.82 Å². The standard InChI is InChI=1S/C28H21FN2O2S2/c29-22-11-8-20(9-12-22)18-31-24-16-21(27(32)30-17-23-7-4-14-34-23)10-13-25(24)35-26(28(31)33)15-19-5-2-1-3-6-19/h1-16H,17-18H2,(H,30,32)/b26-15-. The molecule has 0 saturated carbocycles. The maximum atomic E-state index is 13.6. The van der Waals surface area contributed by atoms with Crippen molar-refractivity contribution in [1.82, 2.24) is 5.32 Å². The monoisotopic (exact) mass is 500 g/mol. The van der Waals surface area contributed by atoms with Crippen LogP contribution in [-0.2, 0) is 17.9 Å². The smallest absolute Gasteiger partial charge is 0.265 e. The second kappa shape index (κ2) is 10.3. The van der Waals surface area contributed by atoms with Gasteiger partial charge in [-0.1, -0.05) is 60.3 Å². The number of hydrogen-bond donors (Lipinski definition) is 1. The molecule has 0 saturated heterocycles. The van der Waals surface area contributed by atoms with Crippen LogP contribution in [0.3, 0.4) is 0 Å². The van der Waals surface area contributed by atoms with Crippen molar-refractivity contribution in [3.05, 3.63) is 123 Å². The normalized spacial score (nSPS) is 14.1. The predicted molar refractivity (Wildman–Crippen MR) is 140 cm³/mol. The lowest BCUT2D eigenvalue weighted by Crippen LogP contribution is -2.34. The average Bonchev–Trinajstić information content (AvgIpc) is 3.40. The van der Waals surface area contributed by atoms with E-state index in [1.54, 1.807) is 40.5 Å². The van der Waals surface area contributed by atoms with Gasteiger partial charge in [0.2, 0.25) is 0 Å². The second-order valence-electron chi connectivity index (χ2n) is 7.98. The van der Waals surface area contributed by atoms with Crippen molar-refractivity contribution < 1.29 is 14.0 Å². The van der Waals surface area contributed by atoms with Gasteiger partial charge in [-0.3, -0.25) is 9.59 Å². The predicted octanol–water partition coefficient (Wildman–Crippen LogP) is 6.50. The molecule has 0 atom stereocenters. The van der Waals surface area contributed by atoms with Crippen molar-refractivity contribution in [3.63, 3.8) is 0 Å². The Bertz CT molecular complexity index is 1380. The Labute approximate surface area is 211 Å². The third kappa shape index (κ3) is 5.37. The number of amides is 2. The van der Waals surface area contributed by atoms with E-state index in [0.717, 1.165) is 20.9 Å². The van der Waals surface area contributed by atoms with Crippen molar-refractivity contribution in [1.29, 1.82) is 0 Å². The number of rotatable bonds is 6. The molecule has 0 fully saturated rings. The van der Waals surface area contributed by atoms with E-state index in [2.05, 4.69) is 5.32 Å². The molecule has 2 amide bonds. The summed E-state index contributed by atoms with van der Waals surface area (Å²) >= 11 is 2.97. The number of halogens is 1. The molecule has 1 N–H and O–H groups in total. The Morgan fingerprint density at radius 1 is 0.971 bits per heavy atom. The van der Waals surface area contributed by atoms with Gasteiger partial charge in [0.1, 0.15) is 5.82 Å². The number of nitrogens with zero attached hydrogens (tertiary/aromatic N) is 1. The van der Waals surface area contributed by atoms with Crippen molar-refractivity contribution in [2.24, 2.45) is 0 Å². The summed E-state index contributed by atoms with van der Waals surface area (Å²) in [6.45, 7) is 0.712. The first-order chi connectivity index (χ1) is 17.1. The SMILES string of the molecule is O=C(NCc1cccs1)c1ccc2c(c1)N(Cc1ccc(F)cc1)C(=O)/C(=C/c1ccccc1)S2. The largest absolute Gasteiger partial charge is 0.347 e. The van der Waals surface area contributed by atoms with Crippen LogP contribution in [0.25, 0.3) is 6.08 Å². The summed E-state index contributed by atoms with van der Waals surface area (Å²) in [5, 5.41) is 4.91. The molecule has 2 heterocycles. The molecule has 35 heavy (non-hydrogen) atoms. The first-order valence-electron chi connectivity index (χ1n) is 11.0. The maximum absolute atomic E-state index is 13.6. The number of thioether (sulfide) groups is 1. The Balaban J connectivity index is 1.48. The van der Waals surface area contributed by atoms with Gasteiger partial charge >= 0.3 is 0 Å². The van der Waals surface area contributed by atoms with Crippen LogP contribution in [0.2, 0.25) is 0 Å². The summed E-state index contributed by atoms with van der Waals surface area (Å²) in [6, 6.07) is 25.1. The van der Waals surface area contributed by atoms with Gasteiger partial charge in [-0.15, -0.1) is 11.3 Å². The fourth-order valence-corrected chi connectivity index (χ4v) is 5.45. The molecule has 0 radical (unpaired) electrons. The molecule has 174 valence electrons. The highest BCUT2D eigenvalue weighted by atomic mass is 32.2. The summed E-state index contributed by atoms with van der Waals surface area (Å²) in [5.41, 5.74) is 2.87. The van der Waals surface area contributed by atoms with Crippen LogP contribution < -0.4 is 10.2 Å². The van der Waals surface area contributed by atoms with Gasteiger partial charge in [0.05, 0.1) is 23.7 Å². The van der Waals surface area contributed by atoms with Gasteiger partial charge in [-0.25, -0.2) is 4.39 Å². The number of fused-ring (bicyclic) bond motifs is 1. The Morgan fingerprint density at radius 3 is 2.51 bits per heavy atom. The minimum absolute atomic E-state index is 0.160. The lowest BCUT2D eigenvalue weighted by Gasteiger charge is -2.31. The molecule has 1 aliphatic rings. The van der Waals surface area contributed by atoms with Crippen LogP contribution in [0.5, 0.6) is 0 Å². The molecule has 5 rings (SSSR count). The molecular formula is C28H21FN2O2S2. The minimum atomic E-state index is -0.330. The van der Waals surface area contributed by atoms with Crippen LogP contribution >= 0.6 is 23.1 Å². The van der Waals surface area contributed by atoms with E-state index < -0.39 is 0 Å². The van der Waals surface area contributed by atoms with E-state index >= 15 is 0 Å². The van der Waals surface area contributed by atoms with Crippen LogP contribution in [0.15, 0.2) is 100 Å². The first kappa shape index (κ1) is 23.1. The average molecular weight is 501 g/mol. The van der Waals surface area contributed by atoms with Gasteiger partial charge in [0, 0.05) is 15.3 Å². The van der Waals surface area contributed by atoms with E-state index in [1.165, 1.54) is 23.9 Å². The molecule has 1 aliphatic heterocycles. The minimum Gasteiger partial charge on any atom is -0.347 e. The third-order valence-corrected chi connectivity index (χ3v) is 7.50. The number of benzene rings is 3. The second-order valence-corrected chi connectivity index (χ2v) is 10.1. The molecule has 0 spiro atoms. The topological polar surface area (TPSA) is 49.4 Å². The third-order valence-electron chi connectivity index (χ3n) is 5.54. The summed E-state index contributed by atoms with van der Waals surface area (Å²) in [5.74, 6) is -0.693. The van der Waals surface area contributed by atoms with E-state index in [4.69, 9.17) is 0 Å². The Kier molecular flexibility index (Phi) is 6.79. The number of nitrogens with one attached hydrogen (secondary N) is 1. The Morgan fingerprint density at radius 2 is 1.77 bits per heavy atom. The van der Waals surface area contributed by atoms with Crippen molar-refractivity contribution in [2.45, 2.75) is 18.0 Å². The zero-order valence-corrected chi connectivity index (χ0v) is 20.2. The molecule has 3 aromatic carbocycles. The molecule has 4 aromatic rings. The zero-order chi connectivity index (χ0) is 24.2. The zero-order valence-electron chi connectivity index (χ0n) is 18.6. The van der Waals surface area contributed by atoms with Crippen molar-refractivity contribution in [3.8, 4) is 0 Å². The molecule has 0 unspecified atom stereocenters. The number of thiophene rings is 1. The van der Waals surface area contributed by atoms with E-state index in [1.807, 2.05) is 60.0 Å². The molecule has 7 heteroatoms. The fourth-order valence-electron chi connectivity index (χ4n) is 3.76. The summed E-state index contributed by atoms with van der Waals surface area (Å²) < 4.78 is 13.5. The van der Waals surface area contributed by atoms with Crippen LogP contribution in [0.1, 0.15) is 26.4 Å². The van der Waals surface area contributed by atoms with Crippen molar-refractivity contribution >= 4 is 46.7 Å². The highest BCUT2D eigenvalue weighted by Crippen LogP contribution is 2.43. The van der Waals surface area contributed by atoms with E-state index in [9.17, 15) is 14.0 Å². The summed E-state index contributed by atoms with van der Waals surface area (Å²) in [6.07, 6.45) is 1.87. The van der Waals surface area contributed by atoms with Gasteiger partial charge in [0.15, 0.2) is 0 Å². The number of carbonyl (C=O) groups excluding carboxylic acids is 2. The number of hydrogen-bond acceptors (Lipinski definition) is 4. The Hall–Kier alpha value is -3.68. The molecule has 4 nitrogen and oxygen atoms in total. The highest BCUT2D eigenvalue weighted by molar-refractivity contribution is 8.04. The van der Waals surface area contributed by atoms with Crippen LogP contribution in [0.4, 0.5) is 10.1 Å².